The summed E-state index contributed by atoms with van der Waals surface area (Å²) in [6.45, 7) is 1.61. The summed E-state index contributed by atoms with van der Waals surface area (Å²) in [7, 11) is 1.68. The van der Waals surface area contributed by atoms with Crippen molar-refractivity contribution in [3.63, 3.8) is 0 Å². The summed E-state index contributed by atoms with van der Waals surface area (Å²) in [5.41, 5.74) is 1.15. The second-order valence-electron chi connectivity index (χ2n) is 4.37. The minimum Gasteiger partial charge on any atom is -0.497 e. The number of hydrogen-bond donors (Lipinski definition) is 0. The van der Waals surface area contributed by atoms with Crippen molar-refractivity contribution < 1.29 is 14.2 Å². The Morgan fingerprint density at radius 2 is 2.17 bits per heavy atom. The molecule has 0 amide bonds. The summed E-state index contributed by atoms with van der Waals surface area (Å²) in [5.74, 6) is 0.869. The van der Waals surface area contributed by atoms with Gasteiger partial charge in [-0.05, 0) is 30.5 Å². The lowest BCUT2D eigenvalue weighted by atomic mass is 10.1. The van der Waals surface area contributed by atoms with Gasteiger partial charge in [-0.15, -0.1) is 0 Å². The van der Waals surface area contributed by atoms with E-state index in [1.807, 2.05) is 18.2 Å². The predicted molar refractivity (Wildman–Crippen MR) is 74.5 cm³/mol. The Hall–Kier alpha value is -0.580. The zero-order valence-electron chi connectivity index (χ0n) is 10.6. The van der Waals surface area contributed by atoms with Crippen LogP contribution in [0.3, 0.4) is 0 Å². The number of benzene rings is 1. The van der Waals surface area contributed by atoms with Crippen LogP contribution >= 0.6 is 15.9 Å². The Morgan fingerprint density at radius 3 is 2.83 bits per heavy atom. The standard InChI is InChI=1S/C14H19BrO3/c1-16-13-4-2-3-11(9-13)14(10-15)18-12-5-7-17-8-6-12/h2-4,9,12,14H,5-8,10H2,1H3. The minimum absolute atomic E-state index is 0.0724. The van der Waals surface area contributed by atoms with Gasteiger partial charge in [0.1, 0.15) is 5.75 Å². The average Bonchev–Trinajstić information content (AvgIpc) is 2.46. The van der Waals surface area contributed by atoms with Gasteiger partial charge in [-0.3, -0.25) is 0 Å². The molecule has 0 bridgehead atoms. The Bertz CT molecular complexity index is 364. The molecule has 0 saturated carbocycles. The fourth-order valence-corrected chi connectivity index (χ4v) is 2.62. The summed E-state index contributed by atoms with van der Waals surface area (Å²) < 4.78 is 16.7. The molecule has 3 nitrogen and oxygen atoms in total. The Labute approximate surface area is 117 Å². The van der Waals surface area contributed by atoms with E-state index in [0.717, 1.165) is 42.7 Å². The first-order valence-corrected chi connectivity index (χ1v) is 7.38. The van der Waals surface area contributed by atoms with Gasteiger partial charge in [0.15, 0.2) is 0 Å². The molecule has 0 radical (unpaired) electrons. The van der Waals surface area contributed by atoms with Gasteiger partial charge < -0.3 is 14.2 Å². The molecule has 1 fully saturated rings. The molecule has 18 heavy (non-hydrogen) atoms. The maximum atomic E-state index is 6.14. The van der Waals surface area contributed by atoms with Crippen LogP contribution in [0.4, 0.5) is 0 Å². The van der Waals surface area contributed by atoms with Gasteiger partial charge in [-0.25, -0.2) is 0 Å². The van der Waals surface area contributed by atoms with Crippen molar-refractivity contribution in [3.8, 4) is 5.75 Å². The van der Waals surface area contributed by atoms with E-state index in [9.17, 15) is 0 Å². The quantitative estimate of drug-likeness (QED) is 0.780. The lowest BCUT2D eigenvalue weighted by Gasteiger charge is -2.27. The third kappa shape index (κ3) is 3.70. The number of ether oxygens (including phenoxy) is 3. The molecule has 0 spiro atoms. The lowest BCUT2D eigenvalue weighted by molar-refractivity contribution is -0.0617. The zero-order valence-corrected chi connectivity index (χ0v) is 12.2. The average molecular weight is 315 g/mol. The number of alkyl halides is 1. The Morgan fingerprint density at radius 1 is 1.39 bits per heavy atom. The van der Waals surface area contributed by atoms with E-state index < -0.39 is 0 Å². The third-order valence-corrected chi connectivity index (χ3v) is 3.72. The highest BCUT2D eigenvalue weighted by atomic mass is 79.9. The summed E-state index contributed by atoms with van der Waals surface area (Å²) in [6, 6.07) is 8.05. The van der Waals surface area contributed by atoms with E-state index in [0.29, 0.717) is 6.10 Å². The Kier molecular flexibility index (Phi) is 5.47. The molecule has 1 unspecified atom stereocenters. The van der Waals surface area contributed by atoms with Crippen molar-refractivity contribution in [2.75, 3.05) is 25.7 Å². The topological polar surface area (TPSA) is 27.7 Å². The van der Waals surface area contributed by atoms with E-state index in [1.165, 1.54) is 0 Å². The smallest absolute Gasteiger partial charge is 0.119 e. The molecule has 1 aliphatic rings. The maximum absolute atomic E-state index is 6.14. The molecule has 0 aliphatic carbocycles. The molecular formula is C14H19BrO3. The van der Waals surface area contributed by atoms with Crippen LogP contribution in [0.1, 0.15) is 24.5 Å². The van der Waals surface area contributed by atoms with Gasteiger partial charge in [0, 0.05) is 18.5 Å². The molecule has 1 saturated heterocycles. The minimum atomic E-state index is 0.0724. The lowest BCUT2D eigenvalue weighted by Crippen LogP contribution is -2.25. The second-order valence-corrected chi connectivity index (χ2v) is 5.01. The molecule has 1 aromatic carbocycles. The third-order valence-electron chi connectivity index (χ3n) is 3.13. The molecule has 0 N–H and O–H groups in total. The van der Waals surface area contributed by atoms with E-state index >= 15 is 0 Å². The van der Waals surface area contributed by atoms with E-state index in [1.54, 1.807) is 7.11 Å². The van der Waals surface area contributed by atoms with E-state index in [2.05, 4.69) is 22.0 Å². The fraction of sp³-hybridized carbons (Fsp3) is 0.571. The summed E-state index contributed by atoms with van der Waals surface area (Å²) >= 11 is 3.53. The van der Waals surface area contributed by atoms with Crippen LogP contribution in [0.2, 0.25) is 0 Å². The molecule has 4 heteroatoms. The SMILES string of the molecule is COc1cccc(C(CBr)OC2CCOCC2)c1. The van der Waals surface area contributed by atoms with Crippen molar-refractivity contribution in [3.05, 3.63) is 29.8 Å². The van der Waals surface area contributed by atoms with E-state index in [-0.39, 0.29) is 6.10 Å². The molecule has 0 aromatic heterocycles. The monoisotopic (exact) mass is 314 g/mol. The van der Waals surface area contributed by atoms with Gasteiger partial charge >= 0.3 is 0 Å². The van der Waals surface area contributed by atoms with Gasteiger partial charge in [0.25, 0.3) is 0 Å². The maximum Gasteiger partial charge on any atom is 0.119 e. The van der Waals surface area contributed by atoms with Crippen LogP contribution in [0, 0.1) is 0 Å². The summed E-state index contributed by atoms with van der Waals surface area (Å²) in [6.07, 6.45) is 2.33. The number of rotatable bonds is 5. The fourth-order valence-electron chi connectivity index (χ4n) is 2.09. The first-order valence-electron chi connectivity index (χ1n) is 6.26. The van der Waals surface area contributed by atoms with Crippen LogP contribution in [0.5, 0.6) is 5.75 Å². The highest BCUT2D eigenvalue weighted by molar-refractivity contribution is 9.09. The van der Waals surface area contributed by atoms with Crippen molar-refractivity contribution in [1.82, 2.24) is 0 Å². The summed E-state index contributed by atoms with van der Waals surface area (Å²) in [5, 5.41) is 0.789. The van der Waals surface area contributed by atoms with Crippen LogP contribution in [0.15, 0.2) is 24.3 Å². The largest absolute Gasteiger partial charge is 0.497 e. The van der Waals surface area contributed by atoms with Crippen molar-refractivity contribution in [2.45, 2.75) is 25.0 Å². The van der Waals surface area contributed by atoms with Crippen LogP contribution in [-0.4, -0.2) is 31.8 Å². The molecule has 2 rings (SSSR count). The normalized spacial score (nSPS) is 18.6. The molecule has 1 atom stereocenters. The number of hydrogen-bond acceptors (Lipinski definition) is 3. The number of halogens is 1. The van der Waals surface area contributed by atoms with Crippen LogP contribution < -0.4 is 4.74 Å². The Balaban J connectivity index is 2.02. The van der Waals surface area contributed by atoms with Crippen LogP contribution in [-0.2, 0) is 9.47 Å². The van der Waals surface area contributed by atoms with Crippen molar-refractivity contribution >= 4 is 15.9 Å². The van der Waals surface area contributed by atoms with Gasteiger partial charge in [0.05, 0.1) is 19.3 Å². The van der Waals surface area contributed by atoms with Crippen molar-refractivity contribution in [1.29, 1.82) is 0 Å². The van der Waals surface area contributed by atoms with Crippen molar-refractivity contribution in [2.24, 2.45) is 0 Å². The van der Waals surface area contributed by atoms with E-state index in [4.69, 9.17) is 14.2 Å². The molecule has 1 heterocycles. The predicted octanol–water partition coefficient (Wildman–Crippen LogP) is 3.33. The summed E-state index contributed by atoms with van der Waals surface area (Å²) in [4.78, 5) is 0. The van der Waals surface area contributed by atoms with Gasteiger partial charge in [-0.2, -0.15) is 0 Å². The second kappa shape index (κ2) is 7.12. The first-order chi connectivity index (χ1) is 8.83. The zero-order chi connectivity index (χ0) is 12.8. The van der Waals surface area contributed by atoms with Crippen LogP contribution in [0.25, 0.3) is 0 Å². The highest BCUT2D eigenvalue weighted by Gasteiger charge is 2.20. The van der Waals surface area contributed by atoms with Gasteiger partial charge in [-0.1, -0.05) is 28.1 Å². The highest BCUT2D eigenvalue weighted by Crippen LogP contribution is 2.27. The molecule has 1 aliphatic heterocycles. The molecular weight excluding hydrogens is 296 g/mol. The van der Waals surface area contributed by atoms with Gasteiger partial charge in [0.2, 0.25) is 0 Å². The molecule has 100 valence electrons. The first kappa shape index (κ1) is 13.8. The molecule has 1 aromatic rings. The number of methoxy groups -OCH3 is 1.